The van der Waals surface area contributed by atoms with E-state index >= 15 is 0 Å². The molecule has 5 rings (SSSR count). The smallest absolute Gasteiger partial charge is 0.265 e. The van der Waals surface area contributed by atoms with Crippen LogP contribution >= 0.6 is 0 Å². The van der Waals surface area contributed by atoms with Crippen molar-refractivity contribution in [1.29, 1.82) is 0 Å². The Morgan fingerprint density at radius 1 is 0.882 bits per heavy atom. The summed E-state index contributed by atoms with van der Waals surface area (Å²) in [6.45, 7) is 1.08. The quantitative estimate of drug-likeness (QED) is 0.562. The van der Waals surface area contributed by atoms with E-state index in [1.807, 2.05) is 60.7 Å². The summed E-state index contributed by atoms with van der Waals surface area (Å²) in [6, 6.07) is 22.5. The Hall–Kier alpha value is -4.26. The zero-order chi connectivity index (χ0) is 23.3. The van der Waals surface area contributed by atoms with Crippen LogP contribution in [0.2, 0.25) is 0 Å². The maximum atomic E-state index is 13.6. The van der Waals surface area contributed by atoms with Crippen LogP contribution in [0.1, 0.15) is 5.56 Å². The lowest BCUT2D eigenvalue weighted by atomic mass is 10.2. The van der Waals surface area contributed by atoms with Gasteiger partial charge in [-0.05, 0) is 29.8 Å². The first kappa shape index (κ1) is 21.6. The van der Waals surface area contributed by atoms with Gasteiger partial charge in [0.15, 0.2) is 18.1 Å². The van der Waals surface area contributed by atoms with Crippen LogP contribution in [0, 0.1) is 0 Å². The molecule has 172 valence electrons. The van der Waals surface area contributed by atoms with Crippen LogP contribution in [0.3, 0.4) is 0 Å². The minimum absolute atomic E-state index is 0.0950. The molecule has 0 unspecified atom stereocenters. The Labute approximate surface area is 197 Å². The Kier molecular flexibility index (Phi) is 6.16. The lowest BCUT2D eigenvalue weighted by molar-refractivity contribution is -0.124. The van der Waals surface area contributed by atoms with Crippen LogP contribution in [0.25, 0.3) is 6.08 Å². The molecule has 0 fully saturated rings. The number of amides is 2. The average molecular weight is 456 g/mol. The molecule has 2 aliphatic heterocycles. The molecule has 0 saturated heterocycles. The molecule has 2 amide bonds. The number of nitrogens with zero attached hydrogens (tertiary/aromatic N) is 2. The minimum Gasteiger partial charge on any atom is -0.486 e. The van der Waals surface area contributed by atoms with Gasteiger partial charge in [0.25, 0.3) is 5.91 Å². The first-order valence-corrected chi connectivity index (χ1v) is 11.1. The zero-order valence-corrected chi connectivity index (χ0v) is 18.6. The van der Waals surface area contributed by atoms with Crippen molar-refractivity contribution in [2.45, 2.75) is 0 Å². The van der Waals surface area contributed by atoms with E-state index in [0.717, 1.165) is 5.56 Å². The number of fused-ring (bicyclic) bond motifs is 2. The van der Waals surface area contributed by atoms with Crippen molar-refractivity contribution >= 4 is 29.3 Å². The van der Waals surface area contributed by atoms with Gasteiger partial charge in [-0.2, -0.15) is 0 Å². The standard InChI is InChI=1S/C27H24N2O5/c30-26(18-29-22-10-4-5-11-23(22)34-19-27(29)31)28(14-6-9-20-7-2-1-3-8-20)21-12-13-24-25(17-21)33-16-15-32-24/h1-13,17H,14-16,18-19H2. The topological polar surface area (TPSA) is 68.3 Å². The van der Waals surface area contributed by atoms with Gasteiger partial charge >= 0.3 is 0 Å². The summed E-state index contributed by atoms with van der Waals surface area (Å²) >= 11 is 0. The van der Waals surface area contributed by atoms with E-state index in [9.17, 15) is 9.59 Å². The number of benzene rings is 3. The second-order valence-electron chi connectivity index (χ2n) is 7.88. The number of carbonyl (C=O) groups excluding carboxylic acids is 2. The van der Waals surface area contributed by atoms with E-state index in [1.54, 1.807) is 29.2 Å². The predicted octanol–water partition coefficient (Wildman–Crippen LogP) is 3.93. The molecule has 0 spiro atoms. The fraction of sp³-hybridized carbons (Fsp3) is 0.185. The molecule has 3 aromatic rings. The number of ether oxygens (including phenoxy) is 3. The van der Waals surface area contributed by atoms with Crippen LogP contribution in [-0.4, -0.2) is 44.7 Å². The minimum atomic E-state index is -0.256. The highest BCUT2D eigenvalue weighted by molar-refractivity contribution is 6.06. The van der Waals surface area contributed by atoms with Gasteiger partial charge in [0.2, 0.25) is 5.91 Å². The van der Waals surface area contributed by atoms with Gasteiger partial charge in [-0.3, -0.25) is 14.5 Å². The molecule has 2 heterocycles. The highest BCUT2D eigenvalue weighted by Gasteiger charge is 2.29. The van der Waals surface area contributed by atoms with E-state index in [1.165, 1.54) is 4.90 Å². The molecule has 0 bridgehead atoms. The fourth-order valence-electron chi connectivity index (χ4n) is 3.96. The zero-order valence-electron chi connectivity index (χ0n) is 18.6. The molecule has 0 saturated carbocycles. The molecule has 3 aromatic carbocycles. The third kappa shape index (κ3) is 4.59. The van der Waals surface area contributed by atoms with Crippen molar-refractivity contribution in [1.82, 2.24) is 0 Å². The number of carbonyl (C=O) groups is 2. The third-order valence-electron chi connectivity index (χ3n) is 5.64. The summed E-state index contributed by atoms with van der Waals surface area (Å²) in [5.74, 6) is 1.36. The number of anilines is 2. The van der Waals surface area contributed by atoms with Crippen LogP contribution < -0.4 is 24.0 Å². The van der Waals surface area contributed by atoms with E-state index < -0.39 is 0 Å². The lowest BCUT2D eigenvalue weighted by Crippen LogP contribution is -2.46. The van der Waals surface area contributed by atoms with Crippen molar-refractivity contribution in [2.24, 2.45) is 0 Å². The number of rotatable bonds is 6. The predicted molar refractivity (Wildman–Crippen MR) is 130 cm³/mol. The molecule has 2 aliphatic rings. The molecular weight excluding hydrogens is 432 g/mol. The number of hydrogen-bond donors (Lipinski definition) is 0. The Bertz CT molecular complexity index is 1220. The summed E-state index contributed by atoms with van der Waals surface area (Å²) < 4.78 is 16.9. The maximum absolute atomic E-state index is 13.6. The normalized spacial score (nSPS) is 14.5. The SMILES string of the molecule is O=C(CN1C(=O)COc2ccccc21)N(CC=Cc1ccccc1)c1ccc2c(c1)OCCO2. The van der Waals surface area contributed by atoms with Gasteiger partial charge in [-0.1, -0.05) is 54.6 Å². The lowest BCUT2D eigenvalue weighted by Gasteiger charge is -2.31. The Balaban J connectivity index is 1.42. The van der Waals surface area contributed by atoms with Crippen LogP contribution in [0.15, 0.2) is 78.9 Å². The Morgan fingerprint density at radius 3 is 2.50 bits per heavy atom. The molecule has 0 aromatic heterocycles. The van der Waals surface area contributed by atoms with Gasteiger partial charge in [-0.15, -0.1) is 0 Å². The summed E-state index contributed by atoms with van der Waals surface area (Å²) in [4.78, 5) is 29.3. The first-order valence-electron chi connectivity index (χ1n) is 11.1. The summed E-state index contributed by atoms with van der Waals surface area (Å²) in [5.41, 5.74) is 2.30. The van der Waals surface area contributed by atoms with Gasteiger partial charge in [0, 0.05) is 18.3 Å². The van der Waals surface area contributed by atoms with E-state index in [4.69, 9.17) is 14.2 Å². The second kappa shape index (κ2) is 9.70. The maximum Gasteiger partial charge on any atom is 0.265 e. The van der Waals surface area contributed by atoms with Gasteiger partial charge < -0.3 is 19.1 Å². The van der Waals surface area contributed by atoms with Crippen LogP contribution in [0.4, 0.5) is 11.4 Å². The van der Waals surface area contributed by atoms with Gasteiger partial charge in [0.05, 0.1) is 5.69 Å². The molecular formula is C27H24N2O5. The third-order valence-corrected chi connectivity index (χ3v) is 5.64. The Morgan fingerprint density at radius 2 is 1.65 bits per heavy atom. The first-order chi connectivity index (χ1) is 16.7. The number of hydrogen-bond acceptors (Lipinski definition) is 5. The fourth-order valence-corrected chi connectivity index (χ4v) is 3.96. The van der Waals surface area contributed by atoms with Crippen molar-refractivity contribution in [3.05, 3.63) is 84.4 Å². The van der Waals surface area contributed by atoms with Crippen molar-refractivity contribution in [2.75, 3.05) is 42.7 Å². The number of para-hydroxylation sites is 2. The van der Waals surface area contributed by atoms with Gasteiger partial charge in [-0.25, -0.2) is 0 Å². The molecule has 7 nitrogen and oxygen atoms in total. The van der Waals surface area contributed by atoms with Crippen molar-refractivity contribution in [3.8, 4) is 17.2 Å². The monoisotopic (exact) mass is 456 g/mol. The molecule has 0 N–H and O–H groups in total. The molecule has 34 heavy (non-hydrogen) atoms. The highest BCUT2D eigenvalue weighted by Crippen LogP contribution is 2.35. The molecule has 7 heteroatoms. The van der Waals surface area contributed by atoms with E-state index in [0.29, 0.717) is 48.4 Å². The van der Waals surface area contributed by atoms with Crippen LogP contribution in [-0.2, 0) is 9.59 Å². The van der Waals surface area contributed by atoms with E-state index in [-0.39, 0.29) is 25.0 Å². The van der Waals surface area contributed by atoms with Crippen molar-refractivity contribution < 1.29 is 23.8 Å². The summed E-state index contributed by atoms with van der Waals surface area (Å²) in [6.07, 6.45) is 3.90. The highest BCUT2D eigenvalue weighted by atomic mass is 16.6. The molecule has 0 aliphatic carbocycles. The molecule has 0 atom stereocenters. The van der Waals surface area contributed by atoms with E-state index in [2.05, 4.69) is 0 Å². The average Bonchev–Trinajstić information content (AvgIpc) is 2.88. The summed E-state index contributed by atoms with van der Waals surface area (Å²) in [7, 11) is 0. The largest absolute Gasteiger partial charge is 0.486 e. The van der Waals surface area contributed by atoms with Crippen LogP contribution in [0.5, 0.6) is 17.2 Å². The van der Waals surface area contributed by atoms with Crippen molar-refractivity contribution in [3.63, 3.8) is 0 Å². The summed E-state index contributed by atoms with van der Waals surface area (Å²) in [5, 5.41) is 0. The second-order valence-corrected chi connectivity index (χ2v) is 7.88. The molecule has 0 radical (unpaired) electrons. The van der Waals surface area contributed by atoms with Gasteiger partial charge in [0.1, 0.15) is 25.5 Å².